The van der Waals surface area contributed by atoms with Gasteiger partial charge in [-0.05, 0) is 47.9 Å². The number of carbonyl (C=O) groups excluding carboxylic acids is 2. The summed E-state index contributed by atoms with van der Waals surface area (Å²) in [5.41, 5.74) is 1.98. The van der Waals surface area contributed by atoms with Gasteiger partial charge in [-0.2, -0.15) is 0 Å². The van der Waals surface area contributed by atoms with Gasteiger partial charge in [0, 0.05) is 30.0 Å². The molecule has 0 aliphatic carbocycles. The summed E-state index contributed by atoms with van der Waals surface area (Å²) in [6.45, 7) is 2.97. The number of benzene rings is 2. The largest absolute Gasteiger partial charge is 0.872 e. The minimum atomic E-state index is -0.760. The van der Waals surface area contributed by atoms with E-state index in [-0.39, 0.29) is 11.7 Å². The number of amides is 1. The number of halogens is 1. The standard InChI is InChI=1S/C26H24ClN3O4/c1-16-13-19-14-18(5-8-21(19)34-16)24(31)22-23(17-3-6-20(27)7-4-17)30(26(33)25(22)32)11-2-10-29-12-9-28-15-29/h3-9,12,14-16,23H,2,10-11,13H2,1H3,(H,31,32). The Bertz CT molecular complexity index is 1270. The van der Waals surface area contributed by atoms with Crippen LogP contribution in [0, 0.1) is 0 Å². The van der Waals surface area contributed by atoms with E-state index < -0.39 is 23.5 Å². The summed E-state index contributed by atoms with van der Waals surface area (Å²) in [5, 5.41) is 14.2. The number of hydrogen-bond donors (Lipinski definition) is 1. The van der Waals surface area contributed by atoms with Crippen LogP contribution in [0.15, 0.2) is 66.8 Å². The van der Waals surface area contributed by atoms with E-state index in [1.807, 2.05) is 30.2 Å². The van der Waals surface area contributed by atoms with Crippen molar-refractivity contribution in [3.05, 3.63) is 88.5 Å². The number of aryl methyl sites for hydroxylation is 1. The summed E-state index contributed by atoms with van der Waals surface area (Å²) in [4.78, 5) is 30.7. The Balaban J connectivity index is 1.52. The number of ether oxygens (including phenoxy) is 1. The van der Waals surface area contributed by atoms with E-state index in [1.54, 1.807) is 42.5 Å². The first-order valence-corrected chi connectivity index (χ1v) is 11.6. The van der Waals surface area contributed by atoms with E-state index in [2.05, 4.69) is 4.98 Å². The summed E-state index contributed by atoms with van der Waals surface area (Å²) < 4.78 is 7.70. The number of carbonyl (C=O) groups is 2. The van der Waals surface area contributed by atoms with Crippen molar-refractivity contribution in [2.75, 3.05) is 6.54 Å². The van der Waals surface area contributed by atoms with Crippen molar-refractivity contribution in [2.45, 2.75) is 38.5 Å². The van der Waals surface area contributed by atoms with Crippen LogP contribution in [0.2, 0.25) is 5.02 Å². The molecule has 3 aromatic rings. The monoisotopic (exact) mass is 477 g/mol. The molecule has 7 nitrogen and oxygen atoms in total. The summed E-state index contributed by atoms with van der Waals surface area (Å²) in [6.07, 6.45) is 6.90. The number of nitrogens with zero attached hydrogens (tertiary/aromatic N) is 2. The van der Waals surface area contributed by atoms with Gasteiger partial charge in [0.25, 0.3) is 5.91 Å². The predicted octanol–water partition coefficient (Wildman–Crippen LogP) is 2.59. The summed E-state index contributed by atoms with van der Waals surface area (Å²) >= 11 is 6.07. The van der Waals surface area contributed by atoms with Crippen molar-refractivity contribution in [1.82, 2.24) is 9.88 Å². The molecule has 2 aliphatic rings. The highest BCUT2D eigenvalue weighted by Gasteiger charge is 2.44. The van der Waals surface area contributed by atoms with Gasteiger partial charge in [-0.3, -0.25) is 14.6 Å². The zero-order valence-corrected chi connectivity index (χ0v) is 19.4. The molecule has 2 aliphatic heterocycles. The maximum Gasteiger partial charge on any atom is 0.295 e. The van der Waals surface area contributed by atoms with Crippen LogP contribution in [0.25, 0.3) is 5.76 Å². The Morgan fingerprint density at radius 1 is 1.24 bits per heavy atom. The lowest BCUT2D eigenvalue weighted by Crippen LogP contribution is -2.36. The molecule has 0 spiro atoms. The number of H-pyrrole nitrogens is 1. The third-order valence-corrected chi connectivity index (χ3v) is 6.54. The number of aromatic nitrogens is 2. The first kappa shape index (κ1) is 22.2. The highest BCUT2D eigenvalue weighted by molar-refractivity contribution is 6.46. The van der Waals surface area contributed by atoms with Crippen LogP contribution in [0.5, 0.6) is 5.75 Å². The number of likely N-dealkylation sites (tertiary alicyclic amines) is 1. The number of aromatic amines is 1. The molecule has 1 amide bonds. The molecule has 174 valence electrons. The van der Waals surface area contributed by atoms with Gasteiger partial charge in [0.05, 0.1) is 12.6 Å². The maximum absolute atomic E-state index is 13.6. The van der Waals surface area contributed by atoms with Crippen molar-refractivity contribution >= 4 is 29.1 Å². The average Bonchev–Trinajstić information content (AvgIpc) is 3.53. The topological polar surface area (TPSA) is 89.3 Å². The summed E-state index contributed by atoms with van der Waals surface area (Å²) in [6, 6.07) is 11.4. The minimum Gasteiger partial charge on any atom is -0.872 e. The number of rotatable bonds is 6. The second-order valence-electron chi connectivity index (χ2n) is 8.68. The number of imidazole rings is 1. The molecule has 2 unspecified atom stereocenters. The molecule has 2 aromatic carbocycles. The first-order chi connectivity index (χ1) is 16.4. The van der Waals surface area contributed by atoms with Crippen LogP contribution in [0.3, 0.4) is 0 Å². The zero-order chi connectivity index (χ0) is 23.8. The Hall–Kier alpha value is -3.58. The van der Waals surface area contributed by atoms with Gasteiger partial charge in [0.1, 0.15) is 24.2 Å². The lowest BCUT2D eigenvalue weighted by Gasteiger charge is -2.27. The third-order valence-electron chi connectivity index (χ3n) is 6.29. The van der Waals surface area contributed by atoms with Crippen molar-refractivity contribution in [3.63, 3.8) is 0 Å². The van der Waals surface area contributed by atoms with Crippen LogP contribution in [-0.4, -0.2) is 34.2 Å². The fourth-order valence-electron chi connectivity index (χ4n) is 4.69. The number of nitrogens with one attached hydrogen (secondary N) is 1. The molecule has 1 aromatic heterocycles. The SMILES string of the molecule is CC1Cc2cc(/C([O-])=C3\C(=O)C(=O)N(CCC[n+]4cc[nH]c4)C3c3ccc(Cl)cc3)ccc2O1. The Kier molecular flexibility index (Phi) is 5.87. The molecule has 0 saturated carbocycles. The van der Waals surface area contributed by atoms with Gasteiger partial charge in [0.15, 0.2) is 0 Å². The van der Waals surface area contributed by atoms with Crippen LogP contribution in [0.4, 0.5) is 0 Å². The van der Waals surface area contributed by atoms with Crippen molar-refractivity contribution in [1.29, 1.82) is 0 Å². The Morgan fingerprint density at radius 2 is 2.03 bits per heavy atom. The molecule has 1 N–H and O–H groups in total. The van der Waals surface area contributed by atoms with Crippen molar-refractivity contribution < 1.29 is 24.0 Å². The van der Waals surface area contributed by atoms with E-state index >= 15 is 0 Å². The van der Waals surface area contributed by atoms with E-state index in [0.717, 1.165) is 11.3 Å². The molecule has 1 saturated heterocycles. The fraction of sp³-hybridized carbons (Fsp3) is 0.269. The zero-order valence-electron chi connectivity index (χ0n) is 18.7. The number of hydrogen-bond acceptors (Lipinski definition) is 4. The van der Waals surface area contributed by atoms with Gasteiger partial charge in [0.2, 0.25) is 12.1 Å². The molecule has 8 heteroatoms. The summed E-state index contributed by atoms with van der Waals surface area (Å²) in [7, 11) is 0. The van der Waals surface area contributed by atoms with Crippen molar-refractivity contribution in [2.24, 2.45) is 0 Å². The fourth-order valence-corrected chi connectivity index (χ4v) is 4.82. The van der Waals surface area contributed by atoms with Crippen LogP contribution < -0.4 is 14.4 Å². The van der Waals surface area contributed by atoms with E-state index in [0.29, 0.717) is 42.1 Å². The Labute approximate surface area is 202 Å². The molecule has 34 heavy (non-hydrogen) atoms. The molecule has 1 fully saturated rings. The average molecular weight is 478 g/mol. The lowest BCUT2D eigenvalue weighted by molar-refractivity contribution is -0.695. The van der Waals surface area contributed by atoms with Gasteiger partial charge in [-0.15, -0.1) is 0 Å². The predicted molar refractivity (Wildman–Crippen MR) is 124 cm³/mol. The van der Waals surface area contributed by atoms with E-state index in [4.69, 9.17) is 16.3 Å². The van der Waals surface area contributed by atoms with E-state index in [9.17, 15) is 14.7 Å². The number of fused-ring (bicyclic) bond motifs is 1. The third kappa shape index (κ3) is 4.07. The van der Waals surface area contributed by atoms with Crippen LogP contribution >= 0.6 is 11.6 Å². The van der Waals surface area contributed by atoms with Crippen LogP contribution in [-0.2, 0) is 22.6 Å². The number of ketones is 1. The van der Waals surface area contributed by atoms with Gasteiger partial charge < -0.3 is 14.7 Å². The summed E-state index contributed by atoms with van der Waals surface area (Å²) in [5.74, 6) is -1.07. The Morgan fingerprint density at radius 3 is 2.76 bits per heavy atom. The first-order valence-electron chi connectivity index (χ1n) is 11.3. The molecular formula is C26H24ClN3O4. The second kappa shape index (κ2) is 8.99. The minimum absolute atomic E-state index is 0.0199. The maximum atomic E-state index is 13.6. The molecule has 3 heterocycles. The molecule has 0 radical (unpaired) electrons. The van der Waals surface area contributed by atoms with Crippen LogP contribution in [0.1, 0.15) is 36.1 Å². The molecule has 0 bridgehead atoms. The van der Waals surface area contributed by atoms with Gasteiger partial charge in [-0.1, -0.05) is 35.6 Å². The quantitative estimate of drug-likeness (QED) is 0.256. The van der Waals surface area contributed by atoms with E-state index in [1.165, 1.54) is 4.90 Å². The van der Waals surface area contributed by atoms with Gasteiger partial charge >= 0.3 is 0 Å². The smallest absolute Gasteiger partial charge is 0.295 e. The lowest BCUT2D eigenvalue weighted by atomic mass is 9.94. The second-order valence-corrected chi connectivity index (χ2v) is 9.12. The van der Waals surface area contributed by atoms with Gasteiger partial charge in [-0.25, -0.2) is 4.57 Å². The molecule has 2 atom stereocenters. The normalized spacial score (nSPS) is 21.1. The molecule has 5 rings (SSSR count). The number of Topliss-reactive ketones (excluding diaryl/α,β-unsaturated/α-hetero) is 1. The van der Waals surface area contributed by atoms with Crippen molar-refractivity contribution in [3.8, 4) is 5.75 Å². The highest BCUT2D eigenvalue weighted by atomic mass is 35.5. The highest BCUT2D eigenvalue weighted by Crippen LogP contribution is 2.40. The molecular weight excluding hydrogens is 454 g/mol.